The molecule has 212 valence electrons. The van der Waals surface area contributed by atoms with Crippen molar-refractivity contribution in [3.8, 4) is 22.3 Å². The lowest BCUT2D eigenvalue weighted by Crippen LogP contribution is -2.33. The van der Waals surface area contributed by atoms with Crippen LogP contribution in [0, 0.1) is 34.9 Å². The minimum absolute atomic E-state index is 0.229. The first-order valence-corrected chi connectivity index (χ1v) is 13.4. The van der Waals surface area contributed by atoms with Crippen LogP contribution >= 0.6 is 0 Å². The highest BCUT2D eigenvalue weighted by Crippen LogP contribution is 2.48. The quantitative estimate of drug-likeness (QED) is 0.136. The molecule has 0 radical (unpaired) electrons. The molecule has 6 aromatic rings. The van der Waals surface area contributed by atoms with Gasteiger partial charge in [0.05, 0.1) is 16.5 Å². The maximum atomic E-state index is 15.9. The van der Waals surface area contributed by atoms with E-state index in [1.807, 2.05) is 0 Å². The molecule has 0 spiro atoms. The molecule has 0 heterocycles. The molecule has 0 atom stereocenters. The normalized spacial score (nSPS) is 11.5. The standard InChI is InChI=1S/C37H22F6/c38-28-9-4-10-29(39)34(28)23-15-19-26(20-16-23)37(25-7-2-1-3-8-25,36-32(42)13-6-14-33(36)43)27-21-17-24(18-22-27)35-30(40)11-5-12-31(35)41/h1-22H. The molecule has 0 aromatic heterocycles. The summed E-state index contributed by atoms with van der Waals surface area (Å²) >= 11 is 0. The second-order valence-electron chi connectivity index (χ2n) is 10.1. The molecule has 6 heteroatoms. The van der Waals surface area contributed by atoms with E-state index in [2.05, 4.69) is 0 Å². The summed E-state index contributed by atoms with van der Waals surface area (Å²) in [5, 5.41) is 0. The molecular formula is C37H22F6. The SMILES string of the molecule is Fc1cccc(F)c1-c1ccc(C(c2ccccc2)(c2ccc(-c3c(F)cccc3F)cc2)c2c(F)cccc2F)cc1. The first-order valence-electron chi connectivity index (χ1n) is 13.4. The summed E-state index contributed by atoms with van der Waals surface area (Å²) in [6, 6.07) is 31.6. The molecule has 0 unspecified atom stereocenters. The van der Waals surface area contributed by atoms with Crippen LogP contribution in [0.1, 0.15) is 22.3 Å². The topological polar surface area (TPSA) is 0 Å². The van der Waals surface area contributed by atoms with E-state index in [1.54, 1.807) is 54.6 Å². The summed E-state index contributed by atoms with van der Waals surface area (Å²) in [4.78, 5) is 0. The summed E-state index contributed by atoms with van der Waals surface area (Å²) in [5.41, 5.74) is -0.595. The van der Waals surface area contributed by atoms with Crippen molar-refractivity contribution in [3.05, 3.63) is 191 Å². The van der Waals surface area contributed by atoms with Crippen LogP contribution in [0.2, 0.25) is 0 Å². The van der Waals surface area contributed by atoms with Gasteiger partial charge in [0, 0.05) is 5.56 Å². The first-order chi connectivity index (χ1) is 20.8. The van der Waals surface area contributed by atoms with Gasteiger partial charge in [0.25, 0.3) is 0 Å². The van der Waals surface area contributed by atoms with Crippen molar-refractivity contribution in [2.45, 2.75) is 5.41 Å². The third-order valence-corrected chi connectivity index (χ3v) is 7.68. The monoisotopic (exact) mass is 580 g/mol. The van der Waals surface area contributed by atoms with Crippen molar-refractivity contribution in [1.29, 1.82) is 0 Å². The van der Waals surface area contributed by atoms with Gasteiger partial charge < -0.3 is 0 Å². The van der Waals surface area contributed by atoms with Crippen molar-refractivity contribution >= 4 is 0 Å². The van der Waals surface area contributed by atoms with Crippen LogP contribution in [0.15, 0.2) is 133 Å². The molecule has 0 saturated carbocycles. The predicted molar refractivity (Wildman–Crippen MR) is 155 cm³/mol. The van der Waals surface area contributed by atoms with Crippen LogP contribution in [-0.4, -0.2) is 0 Å². The minimum Gasteiger partial charge on any atom is -0.207 e. The summed E-state index contributed by atoms with van der Waals surface area (Å²) in [5.74, 6) is -4.65. The maximum Gasteiger partial charge on any atom is 0.133 e. The second kappa shape index (κ2) is 11.3. The Morgan fingerprint density at radius 3 is 1.00 bits per heavy atom. The van der Waals surface area contributed by atoms with Gasteiger partial charge in [-0.3, -0.25) is 0 Å². The van der Waals surface area contributed by atoms with Gasteiger partial charge in [0.15, 0.2) is 0 Å². The Kier molecular flexibility index (Phi) is 7.36. The Hall–Kier alpha value is -5.10. The van der Waals surface area contributed by atoms with Crippen LogP contribution < -0.4 is 0 Å². The average Bonchev–Trinajstić information content (AvgIpc) is 3.00. The van der Waals surface area contributed by atoms with Gasteiger partial charge in [-0.15, -0.1) is 0 Å². The van der Waals surface area contributed by atoms with Crippen LogP contribution in [0.3, 0.4) is 0 Å². The molecule has 0 saturated heterocycles. The van der Waals surface area contributed by atoms with Crippen molar-refractivity contribution < 1.29 is 26.3 Å². The lowest BCUT2D eigenvalue weighted by atomic mass is 9.64. The Labute approximate surface area is 244 Å². The number of halogens is 6. The molecule has 0 amide bonds. The zero-order valence-electron chi connectivity index (χ0n) is 22.5. The fourth-order valence-electron chi connectivity index (χ4n) is 5.80. The molecule has 0 aliphatic rings. The van der Waals surface area contributed by atoms with Gasteiger partial charge in [-0.25, -0.2) is 26.3 Å². The fraction of sp³-hybridized carbons (Fsp3) is 0.0270. The van der Waals surface area contributed by atoms with Gasteiger partial charge in [0.2, 0.25) is 0 Å². The van der Waals surface area contributed by atoms with Gasteiger partial charge in [0.1, 0.15) is 34.9 Å². The lowest BCUT2D eigenvalue weighted by Gasteiger charge is -2.37. The van der Waals surface area contributed by atoms with Crippen LogP contribution in [0.4, 0.5) is 26.3 Å². The minimum atomic E-state index is -1.62. The Balaban J connectivity index is 1.64. The van der Waals surface area contributed by atoms with E-state index in [-0.39, 0.29) is 27.8 Å². The number of hydrogen-bond acceptors (Lipinski definition) is 0. The van der Waals surface area contributed by atoms with Crippen molar-refractivity contribution in [2.75, 3.05) is 0 Å². The molecule has 6 rings (SSSR count). The van der Waals surface area contributed by atoms with Crippen LogP contribution in [-0.2, 0) is 5.41 Å². The Bertz CT molecular complexity index is 1760. The first kappa shape index (κ1) is 28.0. The van der Waals surface area contributed by atoms with Crippen LogP contribution in [0.25, 0.3) is 22.3 Å². The van der Waals surface area contributed by atoms with Crippen molar-refractivity contribution in [1.82, 2.24) is 0 Å². The lowest BCUT2D eigenvalue weighted by molar-refractivity contribution is 0.523. The second-order valence-corrected chi connectivity index (χ2v) is 10.1. The predicted octanol–water partition coefficient (Wildman–Crippen LogP) is 10.2. The third-order valence-electron chi connectivity index (χ3n) is 7.68. The van der Waals surface area contributed by atoms with E-state index in [9.17, 15) is 17.6 Å². The summed E-state index contributed by atoms with van der Waals surface area (Å²) in [6.07, 6.45) is 0. The molecular weight excluding hydrogens is 558 g/mol. The van der Waals surface area contributed by atoms with Crippen LogP contribution in [0.5, 0.6) is 0 Å². The van der Waals surface area contributed by atoms with E-state index in [4.69, 9.17) is 0 Å². The van der Waals surface area contributed by atoms with Crippen molar-refractivity contribution in [3.63, 3.8) is 0 Å². The molecule has 0 fully saturated rings. The summed E-state index contributed by atoms with van der Waals surface area (Å²) < 4.78 is 90.2. The molecule has 0 aliphatic heterocycles. The Morgan fingerprint density at radius 2 is 0.628 bits per heavy atom. The highest BCUT2D eigenvalue weighted by molar-refractivity contribution is 5.70. The maximum absolute atomic E-state index is 15.9. The molecule has 0 N–H and O–H groups in total. The molecule has 6 aromatic carbocycles. The zero-order valence-corrected chi connectivity index (χ0v) is 22.5. The third kappa shape index (κ3) is 4.79. The van der Waals surface area contributed by atoms with E-state index in [0.29, 0.717) is 16.7 Å². The largest absolute Gasteiger partial charge is 0.207 e. The smallest absolute Gasteiger partial charge is 0.133 e. The van der Waals surface area contributed by atoms with Gasteiger partial charge in [-0.1, -0.05) is 97.1 Å². The molecule has 43 heavy (non-hydrogen) atoms. The molecule has 0 aliphatic carbocycles. The van der Waals surface area contributed by atoms with E-state index in [0.717, 1.165) is 36.4 Å². The average molecular weight is 581 g/mol. The Morgan fingerprint density at radius 1 is 0.302 bits per heavy atom. The fourth-order valence-corrected chi connectivity index (χ4v) is 5.80. The molecule has 0 bridgehead atoms. The zero-order chi connectivity index (χ0) is 30.1. The summed E-state index contributed by atoms with van der Waals surface area (Å²) in [7, 11) is 0. The van der Waals surface area contributed by atoms with E-state index < -0.39 is 40.3 Å². The van der Waals surface area contributed by atoms with Gasteiger partial charge in [-0.05, 0) is 64.2 Å². The van der Waals surface area contributed by atoms with Gasteiger partial charge in [-0.2, -0.15) is 0 Å². The molecule has 0 nitrogen and oxygen atoms in total. The summed E-state index contributed by atoms with van der Waals surface area (Å²) in [6.45, 7) is 0. The number of rotatable bonds is 6. The highest BCUT2D eigenvalue weighted by Gasteiger charge is 2.42. The number of hydrogen-bond donors (Lipinski definition) is 0. The van der Waals surface area contributed by atoms with E-state index in [1.165, 1.54) is 42.5 Å². The van der Waals surface area contributed by atoms with Gasteiger partial charge >= 0.3 is 0 Å². The highest BCUT2D eigenvalue weighted by atomic mass is 19.2. The van der Waals surface area contributed by atoms with Crippen molar-refractivity contribution in [2.24, 2.45) is 0 Å². The van der Waals surface area contributed by atoms with E-state index >= 15 is 8.78 Å². The number of benzene rings is 6.